The number of nitriles is 1. The van der Waals surface area contributed by atoms with E-state index in [4.69, 9.17) is 4.74 Å². The standard InChI is InChI=1S/C22H21N3O.ClH/c1-17-3-6-20(7-4-17)22(9-2-11-25-12-10-24-16-25)21-8-5-18(14-23)13-19(21)15-26-22;/h3-8,10,12-13,16H,2,9,11,15H2,1H3;1H. The first-order chi connectivity index (χ1) is 12.7. The third-order valence-electron chi connectivity index (χ3n) is 5.17. The first-order valence-corrected chi connectivity index (χ1v) is 8.92. The number of imidazole rings is 1. The lowest BCUT2D eigenvalue weighted by atomic mass is 9.81. The predicted octanol–water partition coefficient (Wildman–Crippen LogP) is 4.74. The summed E-state index contributed by atoms with van der Waals surface area (Å²) in [5.74, 6) is 0. The number of rotatable bonds is 5. The molecule has 0 fully saturated rings. The van der Waals surface area contributed by atoms with Crippen molar-refractivity contribution >= 4 is 12.4 Å². The molecule has 4 rings (SSSR count). The Morgan fingerprint density at radius 1 is 1.22 bits per heavy atom. The highest BCUT2D eigenvalue weighted by atomic mass is 35.5. The van der Waals surface area contributed by atoms with E-state index in [-0.39, 0.29) is 12.4 Å². The Morgan fingerprint density at radius 3 is 2.74 bits per heavy atom. The zero-order valence-corrected chi connectivity index (χ0v) is 16.1. The maximum Gasteiger partial charge on any atom is 0.119 e. The molecular formula is C22H22ClN3O. The summed E-state index contributed by atoms with van der Waals surface area (Å²) in [6, 6.07) is 16.8. The molecule has 5 heteroatoms. The van der Waals surface area contributed by atoms with Crippen LogP contribution in [0.2, 0.25) is 0 Å². The van der Waals surface area contributed by atoms with Crippen LogP contribution in [0.1, 0.15) is 40.7 Å². The fourth-order valence-corrected chi connectivity index (χ4v) is 3.80. The number of benzene rings is 2. The largest absolute Gasteiger partial charge is 0.361 e. The third-order valence-corrected chi connectivity index (χ3v) is 5.17. The topological polar surface area (TPSA) is 50.8 Å². The molecule has 1 aromatic heterocycles. The second-order valence-electron chi connectivity index (χ2n) is 6.87. The van der Waals surface area contributed by atoms with E-state index in [0.717, 1.165) is 24.9 Å². The van der Waals surface area contributed by atoms with Crippen LogP contribution in [0.4, 0.5) is 0 Å². The Kier molecular flexibility index (Phi) is 5.65. The van der Waals surface area contributed by atoms with Gasteiger partial charge in [0.05, 0.1) is 24.6 Å². The Hall–Kier alpha value is -2.61. The average molecular weight is 380 g/mol. The summed E-state index contributed by atoms with van der Waals surface area (Å²) >= 11 is 0. The van der Waals surface area contributed by atoms with Crippen molar-refractivity contribution in [3.63, 3.8) is 0 Å². The van der Waals surface area contributed by atoms with Crippen molar-refractivity contribution in [2.24, 2.45) is 0 Å². The summed E-state index contributed by atoms with van der Waals surface area (Å²) < 4.78 is 8.52. The maximum atomic E-state index is 9.19. The maximum absolute atomic E-state index is 9.19. The summed E-state index contributed by atoms with van der Waals surface area (Å²) in [5.41, 5.74) is 4.96. The van der Waals surface area contributed by atoms with Gasteiger partial charge in [-0.3, -0.25) is 0 Å². The number of nitrogens with zero attached hydrogens (tertiary/aromatic N) is 3. The van der Waals surface area contributed by atoms with Crippen LogP contribution < -0.4 is 0 Å². The third kappa shape index (κ3) is 3.62. The molecule has 1 atom stereocenters. The van der Waals surface area contributed by atoms with Gasteiger partial charge in [-0.05, 0) is 48.6 Å². The van der Waals surface area contributed by atoms with Gasteiger partial charge in [-0.1, -0.05) is 35.9 Å². The number of halogens is 1. The second kappa shape index (κ2) is 7.96. The second-order valence-corrected chi connectivity index (χ2v) is 6.87. The summed E-state index contributed by atoms with van der Waals surface area (Å²) in [4.78, 5) is 4.11. The molecule has 0 aliphatic carbocycles. The van der Waals surface area contributed by atoms with Gasteiger partial charge in [-0.15, -0.1) is 12.4 Å². The van der Waals surface area contributed by atoms with Crippen molar-refractivity contribution in [1.82, 2.24) is 9.55 Å². The highest BCUT2D eigenvalue weighted by Gasteiger charge is 2.41. The minimum absolute atomic E-state index is 0. The molecule has 2 aromatic carbocycles. The molecular weight excluding hydrogens is 358 g/mol. The van der Waals surface area contributed by atoms with E-state index in [1.54, 1.807) is 6.20 Å². The number of fused-ring (bicyclic) bond motifs is 1. The van der Waals surface area contributed by atoms with Crippen molar-refractivity contribution in [1.29, 1.82) is 5.26 Å². The quantitative estimate of drug-likeness (QED) is 0.643. The number of aromatic nitrogens is 2. The van der Waals surface area contributed by atoms with Crippen molar-refractivity contribution in [3.05, 3.63) is 89.0 Å². The van der Waals surface area contributed by atoms with E-state index in [9.17, 15) is 5.26 Å². The minimum atomic E-state index is -0.447. The molecule has 27 heavy (non-hydrogen) atoms. The summed E-state index contributed by atoms with van der Waals surface area (Å²) in [5, 5.41) is 9.19. The molecule has 0 radical (unpaired) electrons. The van der Waals surface area contributed by atoms with Crippen LogP contribution in [-0.4, -0.2) is 9.55 Å². The van der Waals surface area contributed by atoms with E-state index in [1.807, 2.05) is 24.7 Å². The molecule has 138 valence electrons. The van der Waals surface area contributed by atoms with Gasteiger partial charge in [0.1, 0.15) is 5.60 Å². The normalized spacial score (nSPS) is 17.8. The first-order valence-electron chi connectivity index (χ1n) is 8.92. The molecule has 4 nitrogen and oxygen atoms in total. The Bertz CT molecular complexity index is 945. The van der Waals surface area contributed by atoms with Crippen molar-refractivity contribution < 1.29 is 4.74 Å². The van der Waals surface area contributed by atoms with Crippen LogP contribution in [0, 0.1) is 18.3 Å². The van der Waals surface area contributed by atoms with E-state index in [1.165, 1.54) is 16.7 Å². The molecule has 1 aliphatic rings. The van der Waals surface area contributed by atoms with E-state index < -0.39 is 5.60 Å². The molecule has 0 amide bonds. The van der Waals surface area contributed by atoms with Gasteiger partial charge in [0.2, 0.25) is 0 Å². The number of hydrogen-bond donors (Lipinski definition) is 0. The van der Waals surface area contributed by atoms with Gasteiger partial charge in [0.25, 0.3) is 0 Å². The van der Waals surface area contributed by atoms with E-state index in [0.29, 0.717) is 12.2 Å². The molecule has 1 aliphatic heterocycles. The Balaban J connectivity index is 0.00000210. The van der Waals surface area contributed by atoms with E-state index >= 15 is 0 Å². The van der Waals surface area contributed by atoms with Crippen molar-refractivity contribution in [2.45, 2.75) is 38.5 Å². The molecule has 2 heterocycles. The molecule has 1 unspecified atom stereocenters. The fraction of sp³-hybridized carbons (Fsp3) is 0.273. The van der Waals surface area contributed by atoms with Crippen molar-refractivity contribution in [3.8, 4) is 6.07 Å². The average Bonchev–Trinajstić information content (AvgIpc) is 3.31. The Morgan fingerprint density at radius 2 is 2.04 bits per heavy atom. The highest BCUT2D eigenvalue weighted by Crippen LogP contribution is 2.45. The lowest BCUT2D eigenvalue weighted by Gasteiger charge is -2.31. The fourth-order valence-electron chi connectivity index (χ4n) is 3.80. The highest BCUT2D eigenvalue weighted by molar-refractivity contribution is 5.85. The van der Waals surface area contributed by atoms with E-state index in [2.05, 4.69) is 52.9 Å². The van der Waals surface area contributed by atoms with Gasteiger partial charge in [0.15, 0.2) is 0 Å². The van der Waals surface area contributed by atoms with Crippen LogP contribution in [0.3, 0.4) is 0 Å². The first kappa shape index (κ1) is 19.2. The van der Waals surface area contributed by atoms with Crippen LogP contribution in [0.25, 0.3) is 0 Å². The van der Waals surface area contributed by atoms with Gasteiger partial charge in [-0.2, -0.15) is 5.26 Å². The minimum Gasteiger partial charge on any atom is -0.361 e. The summed E-state index contributed by atoms with van der Waals surface area (Å²) in [6.07, 6.45) is 7.50. The predicted molar refractivity (Wildman–Crippen MR) is 107 cm³/mol. The molecule has 0 saturated heterocycles. The van der Waals surface area contributed by atoms with Crippen LogP contribution in [0.5, 0.6) is 0 Å². The van der Waals surface area contributed by atoms with Gasteiger partial charge in [0, 0.05) is 18.9 Å². The molecule has 0 saturated carbocycles. The van der Waals surface area contributed by atoms with Crippen LogP contribution >= 0.6 is 12.4 Å². The smallest absolute Gasteiger partial charge is 0.119 e. The SMILES string of the molecule is Cc1ccc(C2(CCCn3ccnc3)OCc3cc(C#N)ccc32)cc1.Cl. The van der Waals surface area contributed by atoms with Crippen molar-refractivity contribution in [2.75, 3.05) is 0 Å². The molecule has 3 aromatic rings. The molecule has 0 N–H and O–H groups in total. The van der Waals surface area contributed by atoms with Crippen LogP contribution in [-0.2, 0) is 23.5 Å². The number of aryl methyl sites for hydroxylation is 2. The number of hydrogen-bond acceptors (Lipinski definition) is 3. The lowest BCUT2D eigenvalue weighted by molar-refractivity contribution is -0.0137. The van der Waals surface area contributed by atoms with Gasteiger partial charge < -0.3 is 9.30 Å². The summed E-state index contributed by atoms with van der Waals surface area (Å²) in [7, 11) is 0. The van der Waals surface area contributed by atoms with Gasteiger partial charge in [-0.25, -0.2) is 4.98 Å². The molecule has 0 bridgehead atoms. The lowest BCUT2D eigenvalue weighted by Crippen LogP contribution is -2.27. The van der Waals surface area contributed by atoms with Crippen LogP contribution in [0.15, 0.2) is 61.2 Å². The summed E-state index contributed by atoms with van der Waals surface area (Å²) in [6.45, 7) is 3.55. The van der Waals surface area contributed by atoms with Gasteiger partial charge >= 0.3 is 0 Å². The monoisotopic (exact) mass is 379 g/mol. The zero-order valence-electron chi connectivity index (χ0n) is 15.3. The Labute approximate surface area is 165 Å². The zero-order chi connectivity index (χ0) is 18.0. The molecule has 0 spiro atoms. The number of ether oxygens (including phenoxy) is 1.